The third-order valence-electron chi connectivity index (χ3n) is 5.03. The molecule has 1 atom stereocenters. The molecule has 0 aliphatic heterocycles. The van der Waals surface area contributed by atoms with Crippen molar-refractivity contribution in [2.24, 2.45) is 5.92 Å². The van der Waals surface area contributed by atoms with Crippen molar-refractivity contribution in [3.63, 3.8) is 0 Å². The quantitative estimate of drug-likeness (QED) is 0.198. The van der Waals surface area contributed by atoms with E-state index < -0.39 is 30.4 Å². The summed E-state index contributed by atoms with van der Waals surface area (Å²) >= 11 is -2.67. The maximum atomic E-state index is 12.9. The molecular weight excluding hydrogens is 579 g/mol. The number of esters is 1. The van der Waals surface area contributed by atoms with Crippen LogP contribution in [0.4, 0.5) is 0 Å². The Morgan fingerprint density at radius 1 is 0.971 bits per heavy atom. The summed E-state index contributed by atoms with van der Waals surface area (Å²) in [6, 6.07) is 23.5. The van der Waals surface area contributed by atoms with Gasteiger partial charge in [-0.1, -0.05) is 0 Å². The van der Waals surface area contributed by atoms with Crippen molar-refractivity contribution in [2.45, 2.75) is 25.2 Å². The van der Waals surface area contributed by atoms with Gasteiger partial charge >= 0.3 is 209 Å². The number of hydrogen-bond donors (Lipinski definition) is 0. The van der Waals surface area contributed by atoms with Crippen LogP contribution < -0.4 is 4.74 Å². The van der Waals surface area contributed by atoms with Crippen LogP contribution in [-0.2, 0) is 28.6 Å². The van der Waals surface area contributed by atoms with Crippen LogP contribution in [0.15, 0.2) is 93.9 Å². The molecule has 0 spiro atoms. The molecule has 0 amide bonds. The molecule has 3 rings (SSSR count). The fraction of sp³-hybridized carbons (Fsp3) is 0.222. The van der Waals surface area contributed by atoms with E-state index in [1.54, 1.807) is 30.3 Å². The second kappa shape index (κ2) is 12.9. The normalized spacial score (nSPS) is 12.8. The van der Waals surface area contributed by atoms with E-state index in [0.29, 0.717) is 12.2 Å². The van der Waals surface area contributed by atoms with Gasteiger partial charge in [-0.15, -0.1) is 0 Å². The summed E-state index contributed by atoms with van der Waals surface area (Å²) in [5, 5.41) is 0. The van der Waals surface area contributed by atoms with E-state index in [2.05, 4.69) is 0 Å². The van der Waals surface area contributed by atoms with Gasteiger partial charge in [-0.25, -0.2) is 0 Å². The van der Waals surface area contributed by atoms with Gasteiger partial charge in [0.25, 0.3) is 0 Å². The first-order valence-corrected chi connectivity index (χ1v) is 15.6. The Morgan fingerprint density at radius 3 is 2.26 bits per heavy atom. The van der Waals surface area contributed by atoms with Gasteiger partial charge in [0.15, 0.2) is 0 Å². The van der Waals surface area contributed by atoms with Crippen LogP contribution in [0.5, 0.6) is 5.75 Å². The first-order chi connectivity index (χ1) is 16.8. The average Bonchev–Trinajstić information content (AvgIpc) is 2.87. The summed E-state index contributed by atoms with van der Waals surface area (Å²) < 4.78 is 44.7. The average molecular weight is 608 g/mol. The van der Waals surface area contributed by atoms with Crippen molar-refractivity contribution in [3.8, 4) is 5.75 Å². The molecule has 0 heterocycles. The number of ether oxygens (including phenoxy) is 2. The number of hydrogen-bond acceptors (Lipinski definition) is 6. The van der Waals surface area contributed by atoms with Crippen molar-refractivity contribution in [3.05, 3.63) is 104 Å². The van der Waals surface area contributed by atoms with Gasteiger partial charge in [-0.3, -0.25) is 0 Å². The molecule has 8 heteroatoms. The van der Waals surface area contributed by atoms with Crippen molar-refractivity contribution >= 4 is 36.3 Å². The van der Waals surface area contributed by atoms with Crippen LogP contribution in [0.25, 0.3) is 0 Å². The molecule has 186 valence electrons. The number of carbonyl (C=O) groups excluding carboxylic acids is 1. The van der Waals surface area contributed by atoms with Gasteiger partial charge in [0.05, 0.1) is 7.11 Å². The zero-order valence-corrected chi connectivity index (χ0v) is 22.9. The predicted octanol–water partition coefficient (Wildman–Crippen LogP) is 5.94. The molecule has 1 unspecified atom stereocenters. The Labute approximate surface area is 215 Å². The molecule has 0 radical (unpaired) electrons. The van der Waals surface area contributed by atoms with E-state index in [0.717, 1.165) is 14.7 Å². The fourth-order valence-electron chi connectivity index (χ4n) is 3.12. The molecule has 6 nitrogen and oxygen atoms in total. The molecule has 0 saturated carbocycles. The van der Waals surface area contributed by atoms with E-state index >= 15 is 0 Å². The zero-order valence-electron chi connectivity index (χ0n) is 19.9. The van der Waals surface area contributed by atoms with Crippen LogP contribution in [0, 0.1) is 16.4 Å². The Bertz CT molecular complexity index is 1220. The van der Waals surface area contributed by atoms with Gasteiger partial charge in [-0.2, -0.15) is 0 Å². The minimum absolute atomic E-state index is 0.146. The SMILES string of the molecule is COC(=O)C(C)Cc1ccc(OC/C=C/I(OS(=O)(=O)c2ccc(C)cc2)c2ccccc2)cc1. The van der Waals surface area contributed by atoms with E-state index in [9.17, 15) is 13.2 Å². The molecule has 3 aromatic rings. The number of methoxy groups -OCH3 is 1. The Balaban J connectivity index is 1.64. The van der Waals surface area contributed by atoms with Crippen molar-refractivity contribution in [2.75, 3.05) is 13.7 Å². The molecule has 0 aromatic heterocycles. The van der Waals surface area contributed by atoms with Crippen LogP contribution >= 0.6 is 20.2 Å². The van der Waals surface area contributed by atoms with Crippen LogP contribution in [0.1, 0.15) is 18.1 Å². The van der Waals surface area contributed by atoms with Crippen molar-refractivity contribution < 1.29 is 25.2 Å². The molecule has 0 bridgehead atoms. The first-order valence-electron chi connectivity index (χ1n) is 11.0. The Hall–Kier alpha value is -2.69. The number of rotatable bonds is 11. The summed E-state index contributed by atoms with van der Waals surface area (Å²) in [6.45, 7) is 4.00. The number of carbonyl (C=O) groups is 1. The zero-order chi connectivity index (χ0) is 25.3. The molecule has 0 aliphatic rings. The molecule has 35 heavy (non-hydrogen) atoms. The fourth-order valence-corrected chi connectivity index (χ4v) is 9.30. The van der Waals surface area contributed by atoms with E-state index in [4.69, 9.17) is 12.0 Å². The number of aryl methyl sites for hydroxylation is 1. The van der Waals surface area contributed by atoms with E-state index in [1.807, 2.05) is 72.5 Å². The van der Waals surface area contributed by atoms with Crippen LogP contribution in [0.2, 0.25) is 0 Å². The van der Waals surface area contributed by atoms with Crippen molar-refractivity contribution in [1.82, 2.24) is 0 Å². The summed E-state index contributed by atoms with van der Waals surface area (Å²) in [5.41, 5.74) is 1.99. The molecule has 3 aromatic carbocycles. The van der Waals surface area contributed by atoms with Gasteiger partial charge in [-0.05, 0) is 0 Å². The molecule has 0 aliphatic carbocycles. The van der Waals surface area contributed by atoms with Crippen LogP contribution in [-0.4, -0.2) is 28.1 Å². The summed E-state index contributed by atoms with van der Waals surface area (Å²) in [7, 11) is -2.51. The monoisotopic (exact) mass is 608 g/mol. The van der Waals surface area contributed by atoms with Crippen molar-refractivity contribution in [1.29, 1.82) is 0 Å². The standard InChI is InChI=1S/C27H29IO6S/c1-21-10-16-26(17-11-21)35(30,31)34-28(24-8-5-4-6-9-24)18-7-19-33-25-14-12-23(13-15-25)20-22(2)27(29)32-3/h4-18,22H,19-20H2,1-3H3/b18-7+. The van der Waals surface area contributed by atoms with E-state index in [1.165, 1.54) is 7.11 Å². The van der Waals surface area contributed by atoms with Crippen LogP contribution in [0.3, 0.4) is 0 Å². The minimum atomic E-state index is -3.89. The summed E-state index contributed by atoms with van der Waals surface area (Å²) in [5.74, 6) is 0.225. The second-order valence-electron chi connectivity index (χ2n) is 7.85. The van der Waals surface area contributed by atoms with Gasteiger partial charge in [0.1, 0.15) is 0 Å². The Morgan fingerprint density at radius 2 is 1.63 bits per heavy atom. The molecule has 0 fully saturated rings. The third kappa shape index (κ3) is 8.19. The first kappa shape index (κ1) is 26.9. The predicted molar refractivity (Wildman–Crippen MR) is 145 cm³/mol. The number of halogens is 1. The van der Waals surface area contributed by atoms with Gasteiger partial charge < -0.3 is 0 Å². The second-order valence-corrected chi connectivity index (χ2v) is 14.0. The maximum absolute atomic E-state index is 12.9. The number of benzene rings is 3. The van der Waals surface area contributed by atoms with Gasteiger partial charge in [0, 0.05) is 0 Å². The molecule has 0 saturated heterocycles. The van der Waals surface area contributed by atoms with E-state index in [-0.39, 0.29) is 23.4 Å². The molecule has 0 N–H and O–H groups in total. The molecular formula is C27H29IO6S. The summed E-state index contributed by atoms with van der Waals surface area (Å²) in [6.07, 6.45) is 2.39. The topological polar surface area (TPSA) is 78.9 Å². The Kier molecular flexibility index (Phi) is 9.88. The summed E-state index contributed by atoms with van der Waals surface area (Å²) in [4.78, 5) is 11.7. The van der Waals surface area contributed by atoms with Gasteiger partial charge in [0.2, 0.25) is 0 Å². The third-order valence-corrected chi connectivity index (χ3v) is 11.9.